The average Bonchev–Trinajstić information content (AvgIpc) is 3.29. The molecule has 164 valence electrons. The first-order chi connectivity index (χ1) is 15.1. The first-order valence-electron chi connectivity index (χ1n) is 11.3. The number of aliphatic carboxylic acids is 1. The van der Waals surface area contributed by atoms with E-state index in [1.54, 1.807) is 24.3 Å². The molecule has 2 atom stereocenters. The van der Waals surface area contributed by atoms with Gasteiger partial charge in [-0.05, 0) is 74.2 Å². The van der Waals surface area contributed by atoms with E-state index in [4.69, 9.17) is 4.74 Å². The second-order valence-corrected chi connectivity index (χ2v) is 8.60. The van der Waals surface area contributed by atoms with Gasteiger partial charge in [0, 0.05) is 17.4 Å². The second-order valence-electron chi connectivity index (χ2n) is 8.60. The van der Waals surface area contributed by atoms with Gasteiger partial charge in [0.1, 0.15) is 11.5 Å². The quantitative estimate of drug-likeness (QED) is 0.536. The molecule has 0 saturated heterocycles. The van der Waals surface area contributed by atoms with Crippen LogP contribution in [0, 0.1) is 11.8 Å². The summed E-state index contributed by atoms with van der Waals surface area (Å²) in [6.45, 7) is 0. The van der Waals surface area contributed by atoms with Crippen molar-refractivity contribution in [3.8, 4) is 11.5 Å². The van der Waals surface area contributed by atoms with Gasteiger partial charge >= 0.3 is 5.97 Å². The van der Waals surface area contributed by atoms with Crippen LogP contribution in [0.5, 0.6) is 11.5 Å². The summed E-state index contributed by atoms with van der Waals surface area (Å²) in [5, 5.41) is 15.8. The summed E-state index contributed by atoms with van der Waals surface area (Å²) in [6.07, 6.45) is 8.02. The number of hydrogen-bond donors (Lipinski definition) is 3. The molecule has 0 aliphatic heterocycles. The number of carboxylic acids is 1. The van der Waals surface area contributed by atoms with Crippen molar-refractivity contribution >= 4 is 23.3 Å². The molecule has 2 aliphatic carbocycles. The number of anilines is 2. The summed E-state index contributed by atoms with van der Waals surface area (Å²) in [6, 6.07) is 15.7. The molecular weight excluding hydrogens is 392 g/mol. The van der Waals surface area contributed by atoms with Crippen LogP contribution in [0.1, 0.15) is 51.4 Å². The summed E-state index contributed by atoms with van der Waals surface area (Å²) in [7, 11) is 0. The van der Waals surface area contributed by atoms with Gasteiger partial charge in [-0.3, -0.25) is 9.59 Å². The number of nitrogens with one attached hydrogen (secondary N) is 2. The van der Waals surface area contributed by atoms with Crippen molar-refractivity contribution in [2.45, 2.75) is 57.4 Å². The molecule has 0 radical (unpaired) electrons. The van der Waals surface area contributed by atoms with Crippen molar-refractivity contribution in [3.05, 3.63) is 48.5 Å². The van der Waals surface area contributed by atoms with Crippen LogP contribution in [-0.2, 0) is 9.59 Å². The van der Waals surface area contributed by atoms with E-state index >= 15 is 0 Å². The van der Waals surface area contributed by atoms with Crippen LogP contribution in [0.3, 0.4) is 0 Å². The van der Waals surface area contributed by atoms with E-state index in [0.717, 1.165) is 24.3 Å². The predicted octanol–water partition coefficient (Wildman–Crippen LogP) is 5.66. The lowest BCUT2D eigenvalue weighted by atomic mass is 9.78. The van der Waals surface area contributed by atoms with Gasteiger partial charge in [0.25, 0.3) is 0 Å². The Kier molecular flexibility index (Phi) is 6.75. The molecule has 2 saturated carbocycles. The van der Waals surface area contributed by atoms with Crippen LogP contribution in [0.4, 0.5) is 11.4 Å². The Labute approximate surface area is 183 Å². The summed E-state index contributed by atoms with van der Waals surface area (Å²) >= 11 is 0. The monoisotopic (exact) mass is 422 g/mol. The Bertz CT molecular complexity index is 889. The van der Waals surface area contributed by atoms with Crippen molar-refractivity contribution in [1.82, 2.24) is 0 Å². The van der Waals surface area contributed by atoms with Crippen molar-refractivity contribution in [2.24, 2.45) is 11.8 Å². The van der Waals surface area contributed by atoms with Gasteiger partial charge < -0.3 is 20.5 Å². The van der Waals surface area contributed by atoms with E-state index in [1.165, 1.54) is 25.7 Å². The molecule has 2 fully saturated rings. The van der Waals surface area contributed by atoms with Crippen LogP contribution in [0.2, 0.25) is 0 Å². The molecule has 31 heavy (non-hydrogen) atoms. The van der Waals surface area contributed by atoms with Crippen molar-refractivity contribution in [1.29, 1.82) is 0 Å². The molecule has 6 heteroatoms. The second kappa shape index (κ2) is 9.86. The minimum Gasteiger partial charge on any atom is -0.481 e. The fourth-order valence-corrected chi connectivity index (χ4v) is 4.64. The zero-order valence-corrected chi connectivity index (χ0v) is 17.7. The highest BCUT2D eigenvalue weighted by Crippen LogP contribution is 2.32. The van der Waals surface area contributed by atoms with E-state index in [0.29, 0.717) is 30.3 Å². The molecule has 2 aliphatic rings. The van der Waals surface area contributed by atoms with Crippen LogP contribution in [0.15, 0.2) is 48.5 Å². The molecule has 4 rings (SSSR count). The minimum absolute atomic E-state index is 0.217. The van der Waals surface area contributed by atoms with Gasteiger partial charge in [0.05, 0.1) is 11.8 Å². The average molecular weight is 423 g/mol. The summed E-state index contributed by atoms with van der Waals surface area (Å²) in [4.78, 5) is 24.0. The summed E-state index contributed by atoms with van der Waals surface area (Å²) in [5.41, 5.74) is 1.75. The molecule has 0 aromatic heterocycles. The molecule has 2 aromatic rings. The third-order valence-electron chi connectivity index (χ3n) is 6.36. The molecule has 3 N–H and O–H groups in total. The SMILES string of the molecule is O=C(O)C1CCCCC1C(=O)Nc1ccc(Oc2ccc(NC3CCCC3)cc2)cc1. The lowest BCUT2D eigenvalue weighted by Crippen LogP contribution is -2.36. The van der Waals surface area contributed by atoms with Gasteiger partial charge in [-0.2, -0.15) is 0 Å². The number of ether oxygens (including phenoxy) is 1. The maximum absolute atomic E-state index is 12.6. The number of carbonyl (C=O) groups excluding carboxylic acids is 1. The number of hydrogen-bond acceptors (Lipinski definition) is 4. The van der Waals surface area contributed by atoms with Crippen LogP contribution < -0.4 is 15.4 Å². The van der Waals surface area contributed by atoms with E-state index < -0.39 is 17.8 Å². The number of carboxylic acid groups (broad SMARTS) is 1. The van der Waals surface area contributed by atoms with Crippen LogP contribution in [-0.4, -0.2) is 23.0 Å². The smallest absolute Gasteiger partial charge is 0.307 e. The van der Waals surface area contributed by atoms with Crippen molar-refractivity contribution in [2.75, 3.05) is 10.6 Å². The molecule has 0 bridgehead atoms. The molecule has 0 heterocycles. The number of rotatable bonds is 7. The summed E-state index contributed by atoms with van der Waals surface area (Å²) in [5.74, 6) is -0.740. The van der Waals surface area contributed by atoms with Gasteiger partial charge in [0.2, 0.25) is 5.91 Å². The van der Waals surface area contributed by atoms with Gasteiger partial charge in [-0.15, -0.1) is 0 Å². The van der Waals surface area contributed by atoms with Gasteiger partial charge in [-0.1, -0.05) is 25.7 Å². The molecule has 0 spiro atoms. The van der Waals surface area contributed by atoms with E-state index in [-0.39, 0.29) is 5.91 Å². The van der Waals surface area contributed by atoms with Crippen molar-refractivity contribution in [3.63, 3.8) is 0 Å². The maximum Gasteiger partial charge on any atom is 0.307 e. The number of carbonyl (C=O) groups is 2. The van der Waals surface area contributed by atoms with Crippen molar-refractivity contribution < 1.29 is 19.4 Å². The lowest BCUT2D eigenvalue weighted by molar-refractivity contribution is -0.147. The molecule has 1 amide bonds. The summed E-state index contributed by atoms with van der Waals surface area (Å²) < 4.78 is 5.91. The zero-order valence-electron chi connectivity index (χ0n) is 17.7. The van der Waals surface area contributed by atoms with E-state index in [1.807, 2.05) is 24.3 Å². The number of benzene rings is 2. The highest BCUT2D eigenvalue weighted by atomic mass is 16.5. The largest absolute Gasteiger partial charge is 0.481 e. The zero-order chi connectivity index (χ0) is 21.6. The third-order valence-corrected chi connectivity index (χ3v) is 6.36. The Morgan fingerprint density at radius 3 is 1.84 bits per heavy atom. The fraction of sp³-hybridized carbons (Fsp3) is 0.440. The topological polar surface area (TPSA) is 87.7 Å². The first kappa shape index (κ1) is 21.2. The third kappa shape index (κ3) is 5.57. The molecule has 2 aromatic carbocycles. The molecular formula is C25H30N2O4. The van der Waals surface area contributed by atoms with Gasteiger partial charge in [-0.25, -0.2) is 0 Å². The maximum atomic E-state index is 12.6. The predicted molar refractivity (Wildman–Crippen MR) is 121 cm³/mol. The van der Waals surface area contributed by atoms with Crippen LogP contribution >= 0.6 is 0 Å². The Hall–Kier alpha value is -3.02. The van der Waals surface area contributed by atoms with Crippen LogP contribution in [0.25, 0.3) is 0 Å². The fourth-order valence-electron chi connectivity index (χ4n) is 4.64. The van der Waals surface area contributed by atoms with E-state index in [9.17, 15) is 14.7 Å². The van der Waals surface area contributed by atoms with E-state index in [2.05, 4.69) is 10.6 Å². The highest BCUT2D eigenvalue weighted by Gasteiger charge is 2.35. The first-order valence-corrected chi connectivity index (χ1v) is 11.3. The standard InChI is InChI=1S/C25H30N2O4/c28-24(22-7-3-4-8-23(22)25(29)30)27-19-11-15-21(16-12-19)31-20-13-9-18(10-14-20)26-17-5-1-2-6-17/h9-17,22-23,26H,1-8H2,(H,27,28)(H,29,30). The molecule has 2 unspecified atom stereocenters. The minimum atomic E-state index is -0.881. The van der Waals surface area contributed by atoms with Gasteiger partial charge in [0.15, 0.2) is 0 Å². The molecule has 6 nitrogen and oxygen atoms in total. The normalized spacial score (nSPS) is 21.4. The Balaban J connectivity index is 1.31. The Morgan fingerprint density at radius 2 is 1.26 bits per heavy atom. The number of amides is 1. The Morgan fingerprint density at radius 1 is 0.742 bits per heavy atom. The highest BCUT2D eigenvalue weighted by molar-refractivity contribution is 5.95. The lowest BCUT2D eigenvalue weighted by Gasteiger charge is -2.27.